The van der Waals surface area contributed by atoms with Gasteiger partial charge in [0, 0.05) is 22.6 Å². The summed E-state index contributed by atoms with van der Waals surface area (Å²) < 4.78 is 0. The molecule has 0 atom stereocenters. The van der Waals surface area contributed by atoms with Gasteiger partial charge < -0.3 is 0 Å². The molecule has 2 nitrogen and oxygen atoms in total. The van der Waals surface area contributed by atoms with Gasteiger partial charge in [0.05, 0.1) is 0 Å². The largest absolute Gasteiger partial charge is 0.299 e. The van der Waals surface area contributed by atoms with Crippen LogP contribution in [0.4, 0.5) is 0 Å². The fourth-order valence-corrected chi connectivity index (χ4v) is 5.93. The summed E-state index contributed by atoms with van der Waals surface area (Å²) in [6.45, 7) is 6.32. The van der Waals surface area contributed by atoms with E-state index in [1.807, 2.05) is 11.8 Å². The predicted octanol–water partition coefficient (Wildman–Crippen LogP) is 6.66. The van der Waals surface area contributed by atoms with Crippen molar-refractivity contribution < 1.29 is 9.59 Å². The standard InChI is InChI=1S/C26H32O2S2/c1-5-19-13-17(3)14-20(6-2)25(19)26-23(27)15-18(16-24(26)28)11-12-30-22-9-7-21(29-4)8-10-22/h7-10,13-14,18,26H,5-6,11-12,15-16H2,1-4H3. The van der Waals surface area contributed by atoms with E-state index >= 15 is 0 Å². The Morgan fingerprint density at radius 2 is 1.43 bits per heavy atom. The first kappa shape index (κ1) is 23.1. The van der Waals surface area contributed by atoms with Crippen molar-refractivity contribution in [1.29, 1.82) is 0 Å². The van der Waals surface area contributed by atoms with Crippen molar-refractivity contribution in [3.8, 4) is 0 Å². The monoisotopic (exact) mass is 440 g/mol. The first-order valence-corrected chi connectivity index (χ1v) is 13.1. The molecule has 1 aliphatic carbocycles. The Morgan fingerprint density at radius 1 is 0.900 bits per heavy atom. The maximum Gasteiger partial charge on any atom is 0.148 e. The minimum Gasteiger partial charge on any atom is -0.299 e. The molecule has 1 fully saturated rings. The second kappa shape index (κ2) is 10.7. The summed E-state index contributed by atoms with van der Waals surface area (Å²) in [5, 5.41) is 0. The molecular weight excluding hydrogens is 408 g/mol. The van der Waals surface area contributed by atoms with E-state index < -0.39 is 5.92 Å². The van der Waals surface area contributed by atoms with E-state index in [0.29, 0.717) is 12.8 Å². The van der Waals surface area contributed by atoms with Gasteiger partial charge in [0.15, 0.2) is 0 Å². The molecule has 0 unspecified atom stereocenters. The molecule has 160 valence electrons. The van der Waals surface area contributed by atoms with Crippen molar-refractivity contribution >= 4 is 35.1 Å². The van der Waals surface area contributed by atoms with Crippen LogP contribution >= 0.6 is 23.5 Å². The summed E-state index contributed by atoms with van der Waals surface area (Å²) in [5.41, 5.74) is 4.56. The van der Waals surface area contributed by atoms with Gasteiger partial charge in [-0.2, -0.15) is 0 Å². The van der Waals surface area contributed by atoms with E-state index in [1.54, 1.807) is 11.8 Å². The molecular formula is C26H32O2S2. The summed E-state index contributed by atoms with van der Waals surface area (Å²) in [4.78, 5) is 28.7. The molecule has 1 aliphatic rings. The van der Waals surface area contributed by atoms with Crippen molar-refractivity contribution in [2.45, 2.75) is 68.6 Å². The van der Waals surface area contributed by atoms with Crippen molar-refractivity contribution in [2.75, 3.05) is 12.0 Å². The number of aryl methyl sites for hydroxylation is 3. The molecule has 30 heavy (non-hydrogen) atoms. The molecule has 0 amide bonds. The molecule has 4 heteroatoms. The molecule has 0 saturated heterocycles. The number of benzene rings is 2. The molecule has 0 aromatic heterocycles. The number of carbonyl (C=O) groups excluding carboxylic acids is 2. The smallest absolute Gasteiger partial charge is 0.148 e. The van der Waals surface area contributed by atoms with Gasteiger partial charge in [-0.05, 0) is 85.1 Å². The van der Waals surface area contributed by atoms with Crippen LogP contribution in [-0.4, -0.2) is 23.6 Å². The number of hydrogen-bond donors (Lipinski definition) is 0. The molecule has 2 aromatic rings. The maximum atomic E-state index is 13.1. The zero-order chi connectivity index (χ0) is 21.7. The predicted molar refractivity (Wildman–Crippen MR) is 129 cm³/mol. The molecule has 0 radical (unpaired) electrons. The van der Waals surface area contributed by atoms with Crippen LogP contribution < -0.4 is 0 Å². The lowest BCUT2D eigenvalue weighted by molar-refractivity contribution is -0.133. The minimum absolute atomic E-state index is 0.124. The van der Waals surface area contributed by atoms with Crippen LogP contribution in [-0.2, 0) is 22.4 Å². The second-order valence-corrected chi connectivity index (χ2v) is 10.2. The van der Waals surface area contributed by atoms with Gasteiger partial charge >= 0.3 is 0 Å². The first-order valence-electron chi connectivity index (χ1n) is 10.9. The Hall–Kier alpha value is -1.52. The van der Waals surface area contributed by atoms with Gasteiger partial charge in [-0.15, -0.1) is 23.5 Å². The van der Waals surface area contributed by atoms with Crippen LogP contribution in [0.25, 0.3) is 0 Å². The highest BCUT2D eigenvalue weighted by atomic mass is 32.2. The third kappa shape index (κ3) is 5.39. The van der Waals surface area contributed by atoms with Crippen LogP contribution in [0.2, 0.25) is 0 Å². The van der Waals surface area contributed by atoms with Crippen LogP contribution in [0.1, 0.15) is 61.3 Å². The fraction of sp³-hybridized carbons (Fsp3) is 0.462. The number of rotatable bonds is 8. The Bertz CT molecular complexity index is 859. The molecule has 1 saturated carbocycles. The lowest BCUT2D eigenvalue weighted by Gasteiger charge is -2.29. The molecule has 0 bridgehead atoms. The Morgan fingerprint density at radius 3 is 1.93 bits per heavy atom. The van der Waals surface area contributed by atoms with Gasteiger partial charge in [-0.1, -0.05) is 31.5 Å². The highest BCUT2D eigenvalue weighted by molar-refractivity contribution is 7.99. The van der Waals surface area contributed by atoms with E-state index in [0.717, 1.165) is 30.6 Å². The fourth-order valence-electron chi connectivity index (χ4n) is 4.51. The Kier molecular flexibility index (Phi) is 8.24. The van der Waals surface area contributed by atoms with Crippen LogP contribution in [0, 0.1) is 12.8 Å². The minimum atomic E-state index is -0.543. The lowest BCUT2D eigenvalue weighted by Crippen LogP contribution is -2.33. The summed E-state index contributed by atoms with van der Waals surface area (Å²) in [6, 6.07) is 12.9. The molecule has 0 aliphatic heterocycles. The quantitative estimate of drug-likeness (QED) is 0.340. The molecule has 0 N–H and O–H groups in total. The number of Topliss-reactive ketones (excluding diaryl/α,β-unsaturated/α-hetero) is 2. The number of hydrogen-bond acceptors (Lipinski definition) is 4. The van der Waals surface area contributed by atoms with Crippen LogP contribution in [0.15, 0.2) is 46.2 Å². The zero-order valence-corrected chi connectivity index (χ0v) is 20.1. The summed E-state index contributed by atoms with van der Waals surface area (Å²) in [7, 11) is 0. The van der Waals surface area contributed by atoms with E-state index in [-0.39, 0.29) is 17.5 Å². The van der Waals surface area contributed by atoms with Crippen LogP contribution in [0.5, 0.6) is 0 Å². The summed E-state index contributed by atoms with van der Waals surface area (Å²) in [6.07, 6.45) is 5.77. The lowest BCUT2D eigenvalue weighted by atomic mass is 9.73. The second-order valence-electron chi connectivity index (χ2n) is 8.16. The van der Waals surface area contributed by atoms with E-state index in [1.165, 1.54) is 26.5 Å². The van der Waals surface area contributed by atoms with Gasteiger partial charge in [0.25, 0.3) is 0 Å². The Balaban J connectivity index is 1.66. The molecule has 2 aromatic carbocycles. The summed E-state index contributed by atoms with van der Waals surface area (Å²) >= 11 is 3.56. The zero-order valence-electron chi connectivity index (χ0n) is 18.5. The highest BCUT2D eigenvalue weighted by Gasteiger charge is 2.38. The number of thioether (sulfide) groups is 2. The third-order valence-corrected chi connectivity index (χ3v) is 7.81. The third-order valence-electron chi connectivity index (χ3n) is 6.02. The van der Waals surface area contributed by atoms with E-state index in [9.17, 15) is 9.59 Å². The topological polar surface area (TPSA) is 34.1 Å². The van der Waals surface area contributed by atoms with Gasteiger partial charge in [0.2, 0.25) is 0 Å². The average Bonchev–Trinajstić information content (AvgIpc) is 2.74. The number of ketones is 2. The van der Waals surface area contributed by atoms with Crippen molar-refractivity contribution in [1.82, 2.24) is 0 Å². The summed E-state index contributed by atoms with van der Waals surface area (Å²) in [5.74, 6) is 0.829. The van der Waals surface area contributed by atoms with Crippen molar-refractivity contribution in [3.05, 3.63) is 58.7 Å². The SMILES string of the molecule is CCc1cc(C)cc(CC)c1C1C(=O)CC(CCSc2ccc(SC)cc2)CC1=O. The van der Waals surface area contributed by atoms with Gasteiger partial charge in [0.1, 0.15) is 17.5 Å². The van der Waals surface area contributed by atoms with Crippen molar-refractivity contribution in [3.63, 3.8) is 0 Å². The normalized spacial score (nSPS) is 19.3. The molecule has 0 spiro atoms. The molecule has 3 rings (SSSR count). The molecule has 0 heterocycles. The average molecular weight is 441 g/mol. The maximum absolute atomic E-state index is 13.1. The van der Waals surface area contributed by atoms with Crippen LogP contribution in [0.3, 0.4) is 0 Å². The van der Waals surface area contributed by atoms with Gasteiger partial charge in [-0.25, -0.2) is 0 Å². The van der Waals surface area contributed by atoms with Gasteiger partial charge in [-0.3, -0.25) is 9.59 Å². The van der Waals surface area contributed by atoms with E-state index in [4.69, 9.17) is 0 Å². The highest BCUT2D eigenvalue weighted by Crippen LogP contribution is 2.37. The Labute approximate surface area is 189 Å². The van der Waals surface area contributed by atoms with E-state index in [2.05, 4.69) is 63.4 Å². The number of carbonyl (C=O) groups is 2. The van der Waals surface area contributed by atoms with Crippen molar-refractivity contribution in [2.24, 2.45) is 5.92 Å². The first-order chi connectivity index (χ1) is 14.5.